The summed E-state index contributed by atoms with van der Waals surface area (Å²) in [5, 5.41) is 3.61. The Morgan fingerprint density at radius 1 is 1.19 bits per heavy atom. The highest BCUT2D eigenvalue weighted by Gasteiger charge is 2.26. The van der Waals surface area contributed by atoms with Crippen LogP contribution in [0.3, 0.4) is 0 Å². The first-order chi connectivity index (χ1) is 15.3. The molecule has 3 rings (SSSR count). The van der Waals surface area contributed by atoms with Gasteiger partial charge in [0.25, 0.3) is 0 Å². The number of hydrogen-bond donors (Lipinski definition) is 1. The number of benzene rings is 2. The Bertz CT molecular complexity index is 983. The number of carbonyl (C=O) groups is 2. The Labute approximate surface area is 194 Å². The lowest BCUT2D eigenvalue weighted by Gasteiger charge is -2.32. The number of morpholine rings is 1. The van der Waals surface area contributed by atoms with Gasteiger partial charge < -0.3 is 19.7 Å². The van der Waals surface area contributed by atoms with Crippen molar-refractivity contribution in [1.29, 1.82) is 0 Å². The highest BCUT2D eigenvalue weighted by Crippen LogP contribution is 2.25. The number of ketones is 1. The lowest BCUT2D eigenvalue weighted by atomic mass is 10.1. The SMILES string of the molecule is CCC(=O)c1cc(F)c(OCC2CN(C(=O)NCc3ccc(Cl)c(Cl)c3)CCO2)c(F)c1. The third-order valence-electron chi connectivity index (χ3n) is 4.91. The smallest absolute Gasteiger partial charge is 0.317 e. The molecule has 1 unspecified atom stereocenters. The van der Waals surface area contributed by atoms with E-state index in [0.29, 0.717) is 16.6 Å². The van der Waals surface area contributed by atoms with Crippen LogP contribution in [0.1, 0.15) is 29.3 Å². The second-order valence-electron chi connectivity index (χ2n) is 7.20. The molecule has 0 bridgehead atoms. The molecule has 1 aliphatic rings. The Hall–Kier alpha value is -2.42. The second kappa shape index (κ2) is 10.9. The second-order valence-corrected chi connectivity index (χ2v) is 8.02. The van der Waals surface area contributed by atoms with Gasteiger partial charge in [-0.25, -0.2) is 13.6 Å². The third kappa shape index (κ3) is 6.09. The predicted octanol–water partition coefficient (Wildman–Crippen LogP) is 4.85. The minimum Gasteiger partial charge on any atom is -0.485 e. The van der Waals surface area contributed by atoms with E-state index in [0.717, 1.165) is 17.7 Å². The maximum absolute atomic E-state index is 14.2. The Morgan fingerprint density at radius 3 is 2.56 bits per heavy atom. The average molecular weight is 487 g/mol. The molecular formula is C22H22Cl2F2N2O4. The zero-order valence-electron chi connectivity index (χ0n) is 17.3. The molecule has 1 saturated heterocycles. The largest absolute Gasteiger partial charge is 0.485 e. The van der Waals surface area contributed by atoms with Gasteiger partial charge in [-0.15, -0.1) is 0 Å². The van der Waals surface area contributed by atoms with E-state index in [1.165, 1.54) is 4.90 Å². The van der Waals surface area contributed by atoms with Crippen LogP contribution in [0, 0.1) is 11.6 Å². The minimum absolute atomic E-state index is 0.0476. The van der Waals surface area contributed by atoms with E-state index < -0.39 is 23.5 Å². The van der Waals surface area contributed by atoms with Gasteiger partial charge in [0.2, 0.25) is 0 Å². The fraction of sp³-hybridized carbons (Fsp3) is 0.364. The monoisotopic (exact) mass is 486 g/mol. The molecule has 0 saturated carbocycles. The summed E-state index contributed by atoms with van der Waals surface area (Å²) < 4.78 is 39.3. The maximum Gasteiger partial charge on any atom is 0.317 e. The van der Waals surface area contributed by atoms with Crippen LogP contribution in [0.5, 0.6) is 5.75 Å². The summed E-state index contributed by atoms with van der Waals surface area (Å²) >= 11 is 11.9. The van der Waals surface area contributed by atoms with Gasteiger partial charge in [-0.05, 0) is 29.8 Å². The Morgan fingerprint density at radius 2 is 1.91 bits per heavy atom. The van der Waals surface area contributed by atoms with Crippen LogP contribution in [0.15, 0.2) is 30.3 Å². The highest BCUT2D eigenvalue weighted by atomic mass is 35.5. The molecule has 1 fully saturated rings. The van der Waals surface area contributed by atoms with Gasteiger partial charge in [0.1, 0.15) is 12.7 Å². The van der Waals surface area contributed by atoms with E-state index in [1.54, 1.807) is 25.1 Å². The number of Topliss-reactive ketones (excluding diaryl/α,β-unsaturated/α-hetero) is 1. The van der Waals surface area contributed by atoms with E-state index in [9.17, 15) is 18.4 Å². The number of rotatable bonds is 7. The van der Waals surface area contributed by atoms with E-state index in [2.05, 4.69) is 5.32 Å². The highest BCUT2D eigenvalue weighted by molar-refractivity contribution is 6.42. The van der Waals surface area contributed by atoms with E-state index >= 15 is 0 Å². The van der Waals surface area contributed by atoms with Crippen LogP contribution in [-0.2, 0) is 11.3 Å². The topological polar surface area (TPSA) is 67.9 Å². The van der Waals surface area contributed by atoms with E-state index in [-0.39, 0.29) is 50.1 Å². The van der Waals surface area contributed by atoms with Crippen molar-refractivity contribution in [3.05, 3.63) is 63.1 Å². The Balaban J connectivity index is 1.54. The molecular weight excluding hydrogens is 465 g/mol. The van der Waals surface area contributed by atoms with Crippen molar-refractivity contribution in [2.75, 3.05) is 26.3 Å². The molecule has 0 aromatic heterocycles. The third-order valence-corrected chi connectivity index (χ3v) is 5.65. The molecule has 172 valence electrons. The lowest BCUT2D eigenvalue weighted by Crippen LogP contribution is -2.50. The van der Waals surface area contributed by atoms with Crippen molar-refractivity contribution in [3.8, 4) is 5.75 Å². The van der Waals surface area contributed by atoms with E-state index in [4.69, 9.17) is 32.7 Å². The zero-order valence-corrected chi connectivity index (χ0v) is 18.8. The fourth-order valence-electron chi connectivity index (χ4n) is 3.18. The standard InChI is InChI=1S/C22H22Cl2F2N2O4/c1-2-20(29)14-8-18(25)21(19(26)9-14)32-12-15-11-28(5-6-31-15)22(30)27-10-13-3-4-16(23)17(24)7-13/h3-4,7-9,15H,2,5-6,10-12H2,1H3,(H,27,30). The number of nitrogens with one attached hydrogen (secondary N) is 1. The van der Waals surface area contributed by atoms with Gasteiger partial charge in [-0.3, -0.25) is 4.79 Å². The van der Waals surface area contributed by atoms with Crippen LogP contribution in [-0.4, -0.2) is 49.1 Å². The molecule has 1 atom stereocenters. The summed E-state index contributed by atoms with van der Waals surface area (Å²) in [7, 11) is 0. The first kappa shape index (κ1) is 24.2. The van der Waals surface area contributed by atoms with E-state index in [1.807, 2.05) is 0 Å². The first-order valence-corrected chi connectivity index (χ1v) is 10.8. The van der Waals surface area contributed by atoms with Gasteiger partial charge in [0.05, 0.1) is 23.2 Å². The van der Waals surface area contributed by atoms with Crippen LogP contribution in [0.4, 0.5) is 13.6 Å². The summed E-state index contributed by atoms with van der Waals surface area (Å²) in [6.45, 7) is 2.50. The van der Waals surface area contributed by atoms with Crippen LogP contribution < -0.4 is 10.1 Å². The number of halogens is 4. The van der Waals surface area contributed by atoms with Gasteiger partial charge in [-0.1, -0.05) is 36.2 Å². The normalized spacial score (nSPS) is 16.0. The number of urea groups is 1. The summed E-state index contributed by atoms with van der Waals surface area (Å²) in [5.41, 5.74) is 0.741. The van der Waals surface area contributed by atoms with Crippen LogP contribution in [0.25, 0.3) is 0 Å². The van der Waals surface area contributed by atoms with Crippen molar-refractivity contribution in [2.24, 2.45) is 0 Å². The molecule has 0 radical (unpaired) electrons. The van der Waals surface area contributed by atoms with Crippen molar-refractivity contribution in [1.82, 2.24) is 10.2 Å². The average Bonchev–Trinajstić information content (AvgIpc) is 2.78. The molecule has 1 N–H and O–H groups in total. The number of amides is 2. The molecule has 2 amide bonds. The molecule has 1 heterocycles. The van der Waals surface area contributed by atoms with Crippen LogP contribution >= 0.6 is 23.2 Å². The van der Waals surface area contributed by atoms with Gasteiger partial charge >= 0.3 is 6.03 Å². The van der Waals surface area contributed by atoms with Crippen molar-refractivity contribution >= 4 is 35.0 Å². The van der Waals surface area contributed by atoms with Crippen molar-refractivity contribution in [3.63, 3.8) is 0 Å². The molecule has 2 aromatic carbocycles. The number of carbonyl (C=O) groups excluding carboxylic acids is 2. The Kier molecular flexibility index (Phi) is 8.28. The lowest BCUT2D eigenvalue weighted by molar-refractivity contribution is -0.0363. The van der Waals surface area contributed by atoms with Gasteiger partial charge in [0.15, 0.2) is 23.2 Å². The number of nitrogens with zero attached hydrogens (tertiary/aromatic N) is 1. The predicted molar refractivity (Wildman–Crippen MR) is 116 cm³/mol. The summed E-state index contributed by atoms with van der Waals surface area (Å²) in [6, 6.07) is 6.67. The van der Waals surface area contributed by atoms with Crippen LogP contribution in [0.2, 0.25) is 10.0 Å². The first-order valence-electron chi connectivity index (χ1n) is 10.0. The molecule has 32 heavy (non-hydrogen) atoms. The maximum atomic E-state index is 14.2. The minimum atomic E-state index is -0.964. The fourth-order valence-corrected chi connectivity index (χ4v) is 3.50. The molecule has 0 aliphatic carbocycles. The van der Waals surface area contributed by atoms with Crippen molar-refractivity contribution in [2.45, 2.75) is 26.0 Å². The molecule has 10 heteroatoms. The summed E-state index contributed by atoms with van der Waals surface area (Å²) in [5.74, 6) is -2.88. The molecule has 1 aliphatic heterocycles. The number of ether oxygens (including phenoxy) is 2. The van der Waals surface area contributed by atoms with Crippen molar-refractivity contribution < 1.29 is 27.8 Å². The van der Waals surface area contributed by atoms with Gasteiger partial charge in [0, 0.05) is 25.1 Å². The molecule has 2 aromatic rings. The quantitative estimate of drug-likeness (QED) is 0.567. The number of hydrogen-bond acceptors (Lipinski definition) is 4. The summed E-state index contributed by atoms with van der Waals surface area (Å²) in [4.78, 5) is 25.7. The summed E-state index contributed by atoms with van der Waals surface area (Å²) in [6.07, 6.45) is -0.437. The zero-order chi connectivity index (χ0) is 23.3. The van der Waals surface area contributed by atoms with Gasteiger partial charge in [-0.2, -0.15) is 0 Å². The molecule has 6 nitrogen and oxygen atoms in total. The molecule has 0 spiro atoms.